The number of rotatable bonds is 8. The van der Waals surface area contributed by atoms with Gasteiger partial charge in [0.2, 0.25) is 11.7 Å². The van der Waals surface area contributed by atoms with Crippen LogP contribution in [0.25, 0.3) is 11.0 Å². The Balaban J connectivity index is 2.41. The Labute approximate surface area is 159 Å². The number of carboxylic acid groups (broad SMARTS) is 1. The predicted octanol–water partition coefficient (Wildman–Crippen LogP) is 1.59. The number of aryl methyl sites for hydroxylation is 1. The third-order valence-electron chi connectivity index (χ3n) is 4.10. The summed E-state index contributed by atoms with van der Waals surface area (Å²) >= 11 is 1.30. The molecule has 1 aromatic heterocycles. The van der Waals surface area contributed by atoms with Crippen molar-refractivity contribution >= 4 is 34.6 Å². The van der Waals surface area contributed by atoms with Crippen molar-refractivity contribution in [3.8, 4) is 11.5 Å². The summed E-state index contributed by atoms with van der Waals surface area (Å²) in [5, 5.41) is 12.2. The average Bonchev–Trinajstić information content (AvgIpc) is 2.63. The van der Waals surface area contributed by atoms with Crippen molar-refractivity contribution in [1.29, 1.82) is 0 Å². The number of nitrogens with one attached hydrogen (secondary N) is 1. The normalized spacial score (nSPS) is 11.9. The van der Waals surface area contributed by atoms with Crippen LogP contribution < -0.4 is 20.4 Å². The highest BCUT2D eigenvalue weighted by Crippen LogP contribution is 2.36. The van der Waals surface area contributed by atoms with Gasteiger partial charge in [-0.2, -0.15) is 11.8 Å². The van der Waals surface area contributed by atoms with Gasteiger partial charge in [-0.3, -0.25) is 4.79 Å². The van der Waals surface area contributed by atoms with E-state index in [9.17, 15) is 14.4 Å². The zero-order chi connectivity index (χ0) is 20.1. The molecule has 1 aromatic carbocycles. The first-order valence-electron chi connectivity index (χ1n) is 8.02. The lowest BCUT2D eigenvalue weighted by Gasteiger charge is -2.15. The Morgan fingerprint density at radius 1 is 1.30 bits per heavy atom. The highest BCUT2D eigenvalue weighted by Gasteiger charge is 2.23. The smallest absolute Gasteiger partial charge is 0.340 e. The Hall–Kier alpha value is -2.68. The van der Waals surface area contributed by atoms with Crippen molar-refractivity contribution in [3.63, 3.8) is 0 Å². The van der Waals surface area contributed by atoms with E-state index < -0.39 is 23.5 Å². The predicted molar refractivity (Wildman–Crippen MR) is 102 cm³/mol. The first-order chi connectivity index (χ1) is 12.8. The van der Waals surface area contributed by atoms with Crippen LogP contribution in [0.2, 0.25) is 0 Å². The summed E-state index contributed by atoms with van der Waals surface area (Å²) in [6.07, 6.45) is 1.46. The molecule has 2 rings (SSSR count). The monoisotopic (exact) mass is 395 g/mol. The minimum Gasteiger partial charge on any atom is -0.493 e. The second-order valence-electron chi connectivity index (χ2n) is 5.76. The molecule has 9 heteroatoms. The Kier molecular flexibility index (Phi) is 6.73. The molecule has 8 nitrogen and oxygen atoms in total. The van der Waals surface area contributed by atoms with E-state index in [0.29, 0.717) is 16.7 Å². The van der Waals surface area contributed by atoms with Crippen LogP contribution in [0, 0.1) is 6.92 Å². The lowest BCUT2D eigenvalue weighted by atomic mass is 10.0. The van der Waals surface area contributed by atoms with E-state index in [4.69, 9.17) is 19.0 Å². The minimum atomic E-state index is -1.13. The SMILES string of the molecule is COc1ccc2c(C)c(CC(=O)NC(CSC)C(=O)O)c(=O)oc2c1OC. The molecule has 0 aliphatic carbocycles. The topological polar surface area (TPSA) is 115 Å². The van der Waals surface area contributed by atoms with Gasteiger partial charge >= 0.3 is 11.6 Å². The molecule has 0 aliphatic heterocycles. The van der Waals surface area contributed by atoms with Crippen LogP contribution in [0.1, 0.15) is 11.1 Å². The molecular formula is C18H21NO7S. The van der Waals surface area contributed by atoms with Crippen LogP contribution in [0.4, 0.5) is 0 Å². The van der Waals surface area contributed by atoms with Crippen LogP contribution in [0.5, 0.6) is 11.5 Å². The van der Waals surface area contributed by atoms with Crippen LogP contribution >= 0.6 is 11.8 Å². The summed E-state index contributed by atoms with van der Waals surface area (Å²) in [5.41, 5.74) is 0.280. The first kappa shape index (κ1) is 20.6. The molecule has 0 bridgehead atoms. The van der Waals surface area contributed by atoms with E-state index in [1.165, 1.54) is 26.0 Å². The second-order valence-corrected chi connectivity index (χ2v) is 6.67. The fourth-order valence-corrected chi connectivity index (χ4v) is 3.28. The molecule has 2 aromatic rings. The Morgan fingerprint density at radius 2 is 2.00 bits per heavy atom. The fraction of sp³-hybridized carbons (Fsp3) is 0.389. The van der Waals surface area contributed by atoms with Crippen molar-refractivity contribution in [2.75, 3.05) is 26.2 Å². The van der Waals surface area contributed by atoms with Gasteiger partial charge in [0, 0.05) is 11.1 Å². The maximum absolute atomic E-state index is 12.4. The summed E-state index contributed by atoms with van der Waals surface area (Å²) < 4.78 is 15.9. The molecule has 0 fully saturated rings. The van der Waals surface area contributed by atoms with E-state index in [1.807, 2.05) is 0 Å². The molecule has 1 heterocycles. The van der Waals surface area contributed by atoms with Gasteiger partial charge < -0.3 is 24.3 Å². The molecule has 2 N–H and O–H groups in total. The zero-order valence-corrected chi connectivity index (χ0v) is 16.3. The van der Waals surface area contributed by atoms with Gasteiger partial charge in [-0.1, -0.05) is 0 Å². The van der Waals surface area contributed by atoms with Crippen LogP contribution in [0.3, 0.4) is 0 Å². The van der Waals surface area contributed by atoms with Gasteiger partial charge in [0.25, 0.3) is 0 Å². The fourth-order valence-electron chi connectivity index (χ4n) is 2.72. The van der Waals surface area contributed by atoms with Crippen molar-refractivity contribution < 1.29 is 28.6 Å². The molecule has 146 valence electrons. The number of carboxylic acids is 1. The van der Waals surface area contributed by atoms with Crippen LogP contribution in [-0.4, -0.2) is 49.3 Å². The molecular weight excluding hydrogens is 374 g/mol. The Morgan fingerprint density at radius 3 is 2.56 bits per heavy atom. The first-order valence-corrected chi connectivity index (χ1v) is 9.41. The summed E-state index contributed by atoms with van der Waals surface area (Å²) in [5.74, 6) is -0.761. The average molecular weight is 395 g/mol. The second kappa shape index (κ2) is 8.81. The van der Waals surface area contributed by atoms with Gasteiger partial charge in [-0.15, -0.1) is 0 Å². The third kappa shape index (κ3) is 4.36. The van der Waals surface area contributed by atoms with E-state index in [1.54, 1.807) is 25.3 Å². The summed E-state index contributed by atoms with van der Waals surface area (Å²) in [4.78, 5) is 35.9. The maximum atomic E-state index is 12.4. The number of hydrogen-bond donors (Lipinski definition) is 2. The molecule has 1 amide bonds. The molecule has 27 heavy (non-hydrogen) atoms. The number of aliphatic carboxylic acids is 1. The number of thioether (sulfide) groups is 1. The molecule has 0 aliphatic rings. The molecule has 1 unspecified atom stereocenters. The van der Waals surface area contributed by atoms with Crippen molar-refractivity contribution in [1.82, 2.24) is 5.32 Å². The van der Waals surface area contributed by atoms with E-state index in [0.717, 1.165) is 0 Å². The summed E-state index contributed by atoms with van der Waals surface area (Å²) in [7, 11) is 2.91. The molecule has 1 atom stereocenters. The van der Waals surface area contributed by atoms with Gasteiger partial charge in [0.1, 0.15) is 6.04 Å². The number of carbonyl (C=O) groups is 2. The van der Waals surface area contributed by atoms with Crippen LogP contribution in [-0.2, 0) is 16.0 Å². The number of benzene rings is 1. The number of carbonyl (C=O) groups excluding carboxylic acids is 1. The summed E-state index contributed by atoms with van der Waals surface area (Å²) in [6, 6.07) is 2.37. The standard InChI is InChI=1S/C18H21NO7S/c1-9-10-5-6-13(24-2)16(25-3)15(10)26-18(23)11(9)7-14(20)19-12(8-27-4)17(21)22/h5-6,12H,7-8H2,1-4H3,(H,19,20)(H,21,22). The van der Waals surface area contributed by atoms with Gasteiger partial charge in [0.05, 0.1) is 26.2 Å². The largest absolute Gasteiger partial charge is 0.493 e. The number of methoxy groups -OCH3 is 2. The zero-order valence-electron chi connectivity index (χ0n) is 15.5. The number of fused-ring (bicyclic) bond motifs is 1. The van der Waals surface area contributed by atoms with Gasteiger partial charge in [-0.05, 0) is 30.9 Å². The quantitative estimate of drug-likeness (QED) is 0.648. The lowest BCUT2D eigenvalue weighted by Crippen LogP contribution is -2.43. The number of ether oxygens (including phenoxy) is 2. The van der Waals surface area contributed by atoms with Gasteiger partial charge in [0.15, 0.2) is 11.3 Å². The maximum Gasteiger partial charge on any atom is 0.340 e. The van der Waals surface area contributed by atoms with E-state index in [-0.39, 0.29) is 29.1 Å². The van der Waals surface area contributed by atoms with Crippen molar-refractivity contribution in [2.24, 2.45) is 0 Å². The number of hydrogen-bond acceptors (Lipinski definition) is 7. The van der Waals surface area contributed by atoms with Gasteiger partial charge in [-0.25, -0.2) is 9.59 Å². The van der Waals surface area contributed by atoms with Crippen LogP contribution in [0.15, 0.2) is 21.3 Å². The lowest BCUT2D eigenvalue weighted by molar-refractivity contribution is -0.141. The highest BCUT2D eigenvalue weighted by molar-refractivity contribution is 7.98. The minimum absolute atomic E-state index is 0.167. The van der Waals surface area contributed by atoms with Crippen molar-refractivity contribution in [3.05, 3.63) is 33.7 Å². The van der Waals surface area contributed by atoms with E-state index in [2.05, 4.69) is 5.32 Å². The Bertz CT molecular complexity index is 922. The summed E-state index contributed by atoms with van der Waals surface area (Å²) in [6.45, 7) is 1.70. The van der Waals surface area contributed by atoms with E-state index >= 15 is 0 Å². The molecule has 0 saturated carbocycles. The van der Waals surface area contributed by atoms with Crippen molar-refractivity contribution in [2.45, 2.75) is 19.4 Å². The third-order valence-corrected chi connectivity index (χ3v) is 4.77. The highest BCUT2D eigenvalue weighted by atomic mass is 32.2. The molecule has 0 radical (unpaired) electrons. The number of amides is 1. The molecule has 0 spiro atoms. The molecule has 0 saturated heterocycles.